The molecule has 6 nitrogen and oxygen atoms in total. The minimum absolute atomic E-state index is 0.128. The lowest BCUT2D eigenvalue weighted by atomic mass is 10.1. The van der Waals surface area contributed by atoms with Crippen LogP contribution in [-0.2, 0) is 0 Å². The van der Waals surface area contributed by atoms with Crippen LogP contribution in [0.25, 0.3) is 0 Å². The van der Waals surface area contributed by atoms with E-state index in [1.54, 1.807) is 6.92 Å². The summed E-state index contributed by atoms with van der Waals surface area (Å²) in [5, 5.41) is 23.8. The number of nitrogens with zero attached hydrogens (tertiary/aromatic N) is 1. The summed E-state index contributed by atoms with van der Waals surface area (Å²) >= 11 is 1.51. The molecule has 0 unspecified atom stereocenters. The normalized spacial score (nSPS) is 13.6. The predicted molar refractivity (Wildman–Crippen MR) is 80.6 cm³/mol. The summed E-state index contributed by atoms with van der Waals surface area (Å²) in [6, 6.07) is 4.07. The molecular weight excluding hydrogens is 280 g/mol. The lowest BCUT2D eigenvalue weighted by Crippen LogP contribution is -2.36. The number of non-ortho nitro benzene ring substituents is 1. The number of nitrogens with one attached hydrogen (secondary N) is 1. The lowest BCUT2D eigenvalue weighted by molar-refractivity contribution is -0.384. The number of carbonyl (C=O) groups excluding carboxylic acids is 1. The Bertz CT molecular complexity index is 517. The van der Waals surface area contributed by atoms with E-state index >= 15 is 0 Å². The maximum atomic E-state index is 11.6. The molecule has 0 radical (unpaired) electrons. The Kier molecular flexibility index (Phi) is 5.52. The van der Waals surface area contributed by atoms with Crippen LogP contribution in [-0.4, -0.2) is 40.0 Å². The molecule has 2 N–H and O–H groups in total. The van der Waals surface area contributed by atoms with E-state index in [9.17, 15) is 20.0 Å². The van der Waals surface area contributed by atoms with Gasteiger partial charge in [0, 0.05) is 35.7 Å². The van der Waals surface area contributed by atoms with Gasteiger partial charge in [0.2, 0.25) is 0 Å². The lowest BCUT2D eigenvalue weighted by Gasteiger charge is -2.23. The van der Waals surface area contributed by atoms with Crippen molar-refractivity contribution in [3.05, 3.63) is 33.9 Å². The van der Waals surface area contributed by atoms with Crippen molar-refractivity contribution >= 4 is 28.9 Å². The van der Waals surface area contributed by atoms with Crippen molar-refractivity contribution in [2.45, 2.75) is 19.4 Å². The first-order valence-electron chi connectivity index (χ1n) is 6.01. The number of aliphatic hydroxyl groups is 1. The Balaban J connectivity index is 2.95. The molecule has 1 aromatic rings. The van der Waals surface area contributed by atoms with Crippen LogP contribution < -0.4 is 5.32 Å². The monoisotopic (exact) mass is 298 g/mol. The van der Waals surface area contributed by atoms with Gasteiger partial charge in [0.05, 0.1) is 10.5 Å². The van der Waals surface area contributed by atoms with Crippen LogP contribution in [0.2, 0.25) is 0 Å². The highest BCUT2D eigenvalue weighted by atomic mass is 32.2. The van der Waals surface area contributed by atoms with Crippen molar-refractivity contribution in [3.8, 4) is 0 Å². The number of ketones is 1. The van der Waals surface area contributed by atoms with Crippen molar-refractivity contribution in [1.82, 2.24) is 0 Å². The molecule has 1 aromatic carbocycles. The number of carbonyl (C=O) groups is 1. The number of Topliss-reactive ketones (excluding diaryl/α,β-unsaturated/α-hetero) is 1. The number of benzene rings is 1. The molecule has 0 heterocycles. The fraction of sp³-hybridized carbons (Fsp3) is 0.462. The summed E-state index contributed by atoms with van der Waals surface area (Å²) in [6.45, 7) is 3.30. The minimum atomic E-state index is -0.921. The smallest absolute Gasteiger partial charge is 0.270 e. The molecule has 0 fully saturated rings. The number of nitro groups is 1. The highest BCUT2D eigenvalue weighted by Crippen LogP contribution is 2.23. The number of anilines is 1. The first kappa shape index (κ1) is 16.5. The second-order valence-electron chi connectivity index (χ2n) is 4.83. The Morgan fingerprint density at radius 1 is 1.55 bits per heavy atom. The van der Waals surface area contributed by atoms with Crippen molar-refractivity contribution < 1.29 is 14.8 Å². The Labute approximate surface area is 121 Å². The Morgan fingerprint density at radius 2 is 2.20 bits per heavy atom. The molecular formula is C13H18N2O4S. The number of hydrogen-bond donors (Lipinski definition) is 2. The zero-order valence-electron chi connectivity index (χ0n) is 11.7. The van der Waals surface area contributed by atoms with Crippen molar-refractivity contribution in [2.75, 3.05) is 23.9 Å². The van der Waals surface area contributed by atoms with Crippen LogP contribution in [0.5, 0.6) is 0 Å². The molecule has 0 saturated carbocycles. The average Bonchev–Trinajstić information content (AvgIpc) is 2.36. The summed E-state index contributed by atoms with van der Waals surface area (Å²) in [7, 11) is 0. The van der Waals surface area contributed by atoms with Crippen LogP contribution in [0.15, 0.2) is 18.2 Å². The molecule has 0 bridgehead atoms. The summed E-state index contributed by atoms with van der Waals surface area (Å²) in [4.78, 5) is 21.7. The fourth-order valence-electron chi connectivity index (χ4n) is 1.74. The number of thioether (sulfide) groups is 1. The van der Waals surface area contributed by atoms with Gasteiger partial charge in [-0.05, 0) is 26.2 Å². The molecule has 0 aliphatic carbocycles. The molecule has 0 aliphatic rings. The van der Waals surface area contributed by atoms with Crippen LogP contribution >= 0.6 is 11.8 Å². The zero-order chi connectivity index (χ0) is 15.3. The standard InChI is InChI=1S/C13H18N2O4S/c1-9(16)11-6-10(15(18)19)4-5-12(11)14-7-13(2,17)8-20-3/h4-6,14,17H,7-8H2,1-3H3/t13-/m1/s1. The van der Waals surface area contributed by atoms with E-state index in [1.807, 2.05) is 6.26 Å². The van der Waals surface area contributed by atoms with Gasteiger partial charge in [-0.15, -0.1) is 0 Å². The van der Waals surface area contributed by atoms with E-state index < -0.39 is 10.5 Å². The molecule has 0 aromatic heterocycles. The topological polar surface area (TPSA) is 92.5 Å². The molecule has 0 amide bonds. The van der Waals surface area contributed by atoms with Gasteiger partial charge < -0.3 is 10.4 Å². The third-order valence-electron chi connectivity index (χ3n) is 2.71. The van der Waals surface area contributed by atoms with E-state index in [0.717, 1.165) is 0 Å². The van der Waals surface area contributed by atoms with Gasteiger partial charge in [-0.3, -0.25) is 14.9 Å². The first-order valence-corrected chi connectivity index (χ1v) is 7.41. The third-order valence-corrected chi connectivity index (χ3v) is 3.62. The fourth-order valence-corrected chi connectivity index (χ4v) is 2.46. The molecule has 0 spiro atoms. The summed E-state index contributed by atoms with van der Waals surface area (Å²) in [6.07, 6.45) is 1.89. The molecule has 1 atom stereocenters. The van der Waals surface area contributed by atoms with E-state index in [2.05, 4.69) is 5.32 Å². The molecule has 110 valence electrons. The maximum Gasteiger partial charge on any atom is 0.270 e. The second kappa shape index (κ2) is 6.71. The van der Waals surface area contributed by atoms with Gasteiger partial charge >= 0.3 is 0 Å². The van der Waals surface area contributed by atoms with Crippen LogP contribution in [0, 0.1) is 10.1 Å². The van der Waals surface area contributed by atoms with Gasteiger partial charge in [0.1, 0.15) is 0 Å². The van der Waals surface area contributed by atoms with Crippen LogP contribution in [0.1, 0.15) is 24.2 Å². The number of hydrogen-bond acceptors (Lipinski definition) is 6. The van der Waals surface area contributed by atoms with Crippen LogP contribution in [0.4, 0.5) is 11.4 Å². The third kappa shape index (κ3) is 4.50. The van der Waals surface area contributed by atoms with Gasteiger partial charge in [-0.1, -0.05) is 0 Å². The van der Waals surface area contributed by atoms with Crippen molar-refractivity contribution in [1.29, 1.82) is 0 Å². The largest absolute Gasteiger partial charge is 0.387 e. The van der Waals surface area contributed by atoms with Gasteiger partial charge in [-0.2, -0.15) is 11.8 Å². The maximum absolute atomic E-state index is 11.6. The predicted octanol–water partition coefficient (Wildman–Crippen LogP) is 2.32. The summed E-state index contributed by atoms with van der Waals surface area (Å²) in [5.41, 5.74) is -0.310. The average molecular weight is 298 g/mol. The van der Waals surface area contributed by atoms with Gasteiger partial charge in [0.25, 0.3) is 5.69 Å². The van der Waals surface area contributed by atoms with Gasteiger partial charge in [0.15, 0.2) is 5.78 Å². The molecule has 7 heteroatoms. The zero-order valence-corrected chi connectivity index (χ0v) is 12.5. The summed E-state index contributed by atoms with van der Waals surface area (Å²) in [5.74, 6) is 0.281. The molecule has 0 aliphatic heterocycles. The second-order valence-corrected chi connectivity index (χ2v) is 5.69. The minimum Gasteiger partial charge on any atom is -0.387 e. The first-order chi connectivity index (χ1) is 9.26. The van der Waals surface area contributed by atoms with E-state index in [4.69, 9.17) is 0 Å². The highest BCUT2D eigenvalue weighted by Gasteiger charge is 2.21. The Hall–Kier alpha value is -1.60. The van der Waals surface area contributed by atoms with Gasteiger partial charge in [-0.25, -0.2) is 0 Å². The number of nitro benzene ring substituents is 1. The molecule has 0 saturated heterocycles. The molecule has 20 heavy (non-hydrogen) atoms. The van der Waals surface area contributed by atoms with E-state index in [1.165, 1.54) is 36.9 Å². The number of rotatable bonds is 7. The molecule has 1 rings (SSSR count). The SMILES string of the molecule is CSC[C@](C)(O)CNc1ccc([N+](=O)[O-])cc1C(C)=O. The van der Waals surface area contributed by atoms with Crippen molar-refractivity contribution in [3.63, 3.8) is 0 Å². The van der Waals surface area contributed by atoms with E-state index in [-0.39, 0.29) is 23.6 Å². The quantitative estimate of drug-likeness (QED) is 0.456. The van der Waals surface area contributed by atoms with Crippen molar-refractivity contribution in [2.24, 2.45) is 0 Å². The summed E-state index contributed by atoms with van der Waals surface area (Å²) < 4.78 is 0. The van der Waals surface area contributed by atoms with E-state index in [0.29, 0.717) is 11.4 Å². The Morgan fingerprint density at radius 3 is 2.70 bits per heavy atom. The van der Waals surface area contributed by atoms with Crippen LogP contribution in [0.3, 0.4) is 0 Å². The highest BCUT2D eigenvalue weighted by molar-refractivity contribution is 7.98.